The van der Waals surface area contributed by atoms with Gasteiger partial charge >= 0.3 is 5.97 Å². The first-order chi connectivity index (χ1) is 18.2. The van der Waals surface area contributed by atoms with Gasteiger partial charge in [0.05, 0.1) is 17.5 Å². The third kappa shape index (κ3) is 6.77. The molecule has 1 aliphatic carbocycles. The summed E-state index contributed by atoms with van der Waals surface area (Å²) in [6.45, 7) is 7.92. The lowest BCUT2D eigenvalue weighted by atomic mass is 10.1. The number of anilines is 3. The van der Waals surface area contributed by atoms with Gasteiger partial charge in [-0.05, 0) is 59.0 Å². The van der Waals surface area contributed by atoms with Crippen LogP contribution in [0.2, 0.25) is 0 Å². The van der Waals surface area contributed by atoms with Crippen LogP contribution < -0.4 is 15.5 Å². The molecular weight excluding hydrogens is 484 g/mol. The fourth-order valence-electron chi connectivity index (χ4n) is 5.24. The zero-order chi connectivity index (χ0) is 27.3. The minimum absolute atomic E-state index is 0.155. The van der Waals surface area contributed by atoms with Gasteiger partial charge in [0.15, 0.2) is 0 Å². The Labute approximate surface area is 223 Å². The molecule has 0 spiro atoms. The zero-order valence-corrected chi connectivity index (χ0v) is 22.8. The van der Waals surface area contributed by atoms with Crippen molar-refractivity contribution < 1.29 is 15.0 Å². The first-order valence-corrected chi connectivity index (χ1v) is 13.3. The molecule has 0 unspecified atom stereocenters. The van der Waals surface area contributed by atoms with Crippen molar-refractivity contribution in [2.75, 3.05) is 57.0 Å². The molecular formula is C27H40N8O3. The Morgan fingerprint density at radius 1 is 1.08 bits per heavy atom. The average molecular weight is 525 g/mol. The Bertz CT molecular complexity index is 1210. The van der Waals surface area contributed by atoms with Crippen molar-refractivity contribution in [2.24, 2.45) is 0 Å². The predicted molar refractivity (Wildman–Crippen MR) is 149 cm³/mol. The standard InChI is InChI=1S/C25H33N7O3.C2H7N/c1-25(2,35)16-30-9-11-31(12-10-30)19-7-8-21(26-15-19)28-24-27-14-17-13-20(23(33)34)32(22(17)29-24)18-5-3-4-6-18;1-3-2/h7-8,13-15,18,35H,3-6,9-12,16H2,1-2H3,(H,33,34)(H,26,27,28,29);3H,1-2H3. The van der Waals surface area contributed by atoms with Gasteiger partial charge in [-0.15, -0.1) is 0 Å². The van der Waals surface area contributed by atoms with Gasteiger partial charge in [0.1, 0.15) is 17.2 Å². The van der Waals surface area contributed by atoms with Gasteiger partial charge in [-0.3, -0.25) is 4.90 Å². The van der Waals surface area contributed by atoms with Crippen molar-refractivity contribution >= 4 is 34.5 Å². The minimum atomic E-state index is -0.942. The molecule has 0 aromatic carbocycles. The maximum absolute atomic E-state index is 11.9. The van der Waals surface area contributed by atoms with E-state index in [1.807, 2.05) is 50.8 Å². The molecule has 0 bridgehead atoms. The van der Waals surface area contributed by atoms with Crippen molar-refractivity contribution in [3.63, 3.8) is 0 Å². The van der Waals surface area contributed by atoms with E-state index in [-0.39, 0.29) is 11.7 Å². The number of carboxylic acid groups (broad SMARTS) is 1. The number of nitrogens with one attached hydrogen (secondary N) is 2. The number of fused-ring (bicyclic) bond motifs is 1. The lowest BCUT2D eigenvalue weighted by molar-refractivity contribution is 0.0345. The van der Waals surface area contributed by atoms with Crippen molar-refractivity contribution in [2.45, 2.75) is 51.2 Å². The summed E-state index contributed by atoms with van der Waals surface area (Å²) in [5.41, 5.74) is 1.28. The molecule has 4 N–H and O–H groups in total. The average Bonchev–Trinajstić information content (AvgIpc) is 3.52. The highest BCUT2D eigenvalue weighted by Crippen LogP contribution is 2.34. The Balaban J connectivity index is 0.00000107. The molecule has 38 heavy (non-hydrogen) atoms. The minimum Gasteiger partial charge on any atom is -0.477 e. The number of β-amino-alcohol motifs (C(OH)–C–C–N with tert-alkyl or cyclic N) is 1. The quantitative estimate of drug-likeness (QED) is 0.365. The molecule has 1 saturated carbocycles. The first-order valence-electron chi connectivity index (χ1n) is 13.3. The van der Waals surface area contributed by atoms with E-state index in [0.29, 0.717) is 24.0 Å². The summed E-state index contributed by atoms with van der Waals surface area (Å²) in [5.74, 6) is 0.0843. The SMILES string of the molecule is CC(C)(O)CN1CCN(c2ccc(Nc3ncc4cc(C(=O)O)n(C5CCCC5)c4n3)nc2)CC1.CNC. The van der Waals surface area contributed by atoms with E-state index in [4.69, 9.17) is 0 Å². The Morgan fingerprint density at radius 3 is 2.34 bits per heavy atom. The zero-order valence-electron chi connectivity index (χ0n) is 22.8. The van der Waals surface area contributed by atoms with Crippen LogP contribution in [0.3, 0.4) is 0 Å². The lowest BCUT2D eigenvalue weighted by Crippen LogP contribution is -2.50. The fourth-order valence-corrected chi connectivity index (χ4v) is 5.24. The van der Waals surface area contributed by atoms with Crippen LogP contribution in [-0.4, -0.2) is 93.0 Å². The molecule has 11 heteroatoms. The number of aromatic nitrogens is 4. The fraction of sp³-hybridized carbons (Fsp3) is 0.556. The topological polar surface area (TPSA) is 132 Å². The number of carboxylic acids is 1. The van der Waals surface area contributed by atoms with Crippen LogP contribution in [0.15, 0.2) is 30.6 Å². The van der Waals surface area contributed by atoms with Crippen LogP contribution in [0.1, 0.15) is 56.1 Å². The summed E-state index contributed by atoms with van der Waals surface area (Å²) in [6.07, 6.45) is 7.65. The molecule has 11 nitrogen and oxygen atoms in total. The van der Waals surface area contributed by atoms with Gasteiger partial charge in [0, 0.05) is 50.3 Å². The summed E-state index contributed by atoms with van der Waals surface area (Å²) >= 11 is 0. The van der Waals surface area contributed by atoms with Crippen LogP contribution >= 0.6 is 0 Å². The number of rotatable bonds is 7. The van der Waals surface area contributed by atoms with E-state index in [1.54, 1.807) is 12.3 Å². The van der Waals surface area contributed by atoms with Crippen LogP contribution in [0, 0.1) is 0 Å². The third-order valence-electron chi connectivity index (χ3n) is 6.82. The molecule has 2 aliphatic rings. The number of carbonyl (C=O) groups is 1. The maximum Gasteiger partial charge on any atom is 0.352 e. The molecule has 5 rings (SSSR count). The van der Waals surface area contributed by atoms with E-state index in [1.165, 1.54) is 0 Å². The van der Waals surface area contributed by atoms with Crippen LogP contribution in [0.25, 0.3) is 11.0 Å². The molecule has 0 amide bonds. The molecule has 206 valence electrons. The van der Waals surface area contributed by atoms with Gasteiger partial charge in [-0.25, -0.2) is 14.8 Å². The molecule has 2 fully saturated rings. The van der Waals surface area contributed by atoms with Crippen LogP contribution in [0.5, 0.6) is 0 Å². The van der Waals surface area contributed by atoms with E-state index < -0.39 is 11.6 Å². The second kappa shape index (κ2) is 12.1. The highest BCUT2D eigenvalue weighted by Gasteiger charge is 2.26. The summed E-state index contributed by atoms with van der Waals surface area (Å²) in [6, 6.07) is 5.75. The van der Waals surface area contributed by atoms with Crippen LogP contribution in [0.4, 0.5) is 17.5 Å². The number of nitrogens with zero attached hydrogens (tertiary/aromatic N) is 6. The highest BCUT2D eigenvalue weighted by molar-refractivity contribution is 5.93. The van der Waals surface area contributed by atoms with Crippen molar-refractivity contribution in [3.05, 3.63) is 36.3 Å². The van der Waals surface area contributed by atoms with E-state index in [0.717, 1.165) is 62.9 Å². The number of piperazine rings is 1. The molecule has 3 aromatic heterocycles. The van der Waals surface area contributed by atoms with Gasteiger partial charge in [0.2, 0.25) is 5.95 Å². The van der Waals surface area contributed by atoms with Gasteiger partial charge < -0.3 is 30.3 Å². The van der Waals surface area contributed by atoms with Crippen molar-refractivity contribution in [1.29, 1.82) is 0 Å². The predicted octanol–water partition coefficient (Wildman–Crippen LogP) is 3.11. The third-order valence-corrected chi connectivity index (χ3v) is 6.82. The normalized spacial score (nSPS) is 16.9. The molecule has 4 heterocycles. The first kappa shape index (κ1) is 27.7. The van der Waals surface area contributed by atoms with E-state index in [9.17, 15) is 15.0 Å². The highest BCUT2D eigenvalue weighted by atomic mass is 16.4. The Kier molecular flexibility index (Phi) is 8.80. The molecule has 1 saturated heterocycles. The number of aromatic carboxylic acids is 1. The van der Waals surface area contributed by atoms with Gasteiger partial charge in [-0.1, -0.05) is 12.8 Å². The number of hydrogen-bond acceptors (Lipinski definition) is 9. The molecule has 0 radical (unpaired) electrons. The smallest absolute Gasteiger partial charge is 0.352 e. The lowest BCUT2D eigenvalue weighted by Gasteiger charge is -2.38. The summed E-state index contributed by atoms with van der Waals surface area (Å²) in [4.78, 5) is 30.0. The maximum atomic E-state index is 11.9. The van der Waals surface area contributed by atoms with E-state index >= 15 is 0 Å². The Morgan fingerprint density at radius 2 is 1.76 bits per heavy atom. The molecule has 1 aliphatic heterocycles. The van der Waals surface area contributed by atoms with Gasteiger partial charge in [-0.2, -0.15) is 4.98 Å². The Hall–Kier alpha value is -3.28. The number of pyridine rings is 1. The monoisotopic (exact) mass is 524 g/mol. The second-order valence-corrected chi connectivity index (χ2v) is 10.7. The number of aliphatic hydroxyl groups is 1. The van der Waals surface area contributed by atoms with Crippen LogP contribution in [-0.2, 0) is 0 Å². The van der Waals surface area contributed by atoms with Gasteiger partial charge in [0.25, 0.3) is 0 Å². The van der Waals surface area contributed by atoms with E-state index in [2.05, 4.69) is 35.4 Å². The molecule has 3 aromatic rings. The largest absolute Gasteiger partial charge is 0.477 e. The summed E-state index contributed by atoms with van der Waals surface area (Å²) in [7, 11) is 3.75. The number of hydrogen-bond donors (Lipinski definition) is 4. The summed E-state index contributed by atoms with van der Waals surface area (Å²) in [5, 5.41) is 26.4. The van der Waals surface area contributed by atoms with Crippen molar-refractivity contribution in [1.82, 2.24) is 29.7 Å². The second-order valence-electron chi connectivity index (χ2n) is 10.7. The van der Waals surface area contributed by atoms with Crippen molar-refractivity contribution in [3.8, 4) is 0 Å². The summed E-state index contributed by atoms with van der Waals surface area (Å²) < 4.78 is 1.87. The molecule has 0 atom stereocenters.